The Morgan fingerprint density at radius 3 is 2.52 bits per heavy atom. The number of fused-ring (bicyclic) bond motifs is 1. The topological polar surface area (TPSA) is 25.2 Å². The van der Waals surface area contributed by atoms with Crippen LogP contribution in [-0.4, -0.2) is 11.2 Å². The highest BCUT2D eigenvalue weighted by atomic mass is 35.5. The van der Waals surface area contributed by atoms with Crippen molar-refractivity contribution >= 4 is 62.7 Å². The standard InChI is InChI=1S/C22H14Cl2N2S/c23-17-10-7-15(19(24)14-17)4-3-13-25-18-11-8-16(9-12-18)22-26-20-5-1-2-6-21(20)27-22/h1-14H/b4-3-,25-13?. The molecule has 5 heteroatoms. The van der Waals surface area contributed by atoms with Crippen molar-refractivity contribution in [3.05, 3.63) is 88.4 Å². The van der Waals surface area contributed by atoms with Crippen molar-refractivity contribution in [3.8, 4) is 10.6 Å². The third kappa shape index (κ3) is 4.28. The number of benzene rings is 3. The highest BCUT2D eigenvalue weighted by Gasteiger charge is 2.05. The van der Waals surface area contributed by atoms with Crippen molar-refractivity contribution < 1.29 is 0 Å². The molecule has 0 saturated carbocycles. The Balaban J connectivity index is 1.47. The third-order valence-corrected chi connectivity index (χ3v) is 5.60. The van der Waals surface area contributed by atoms with Gasteiger partial charge >= 0.3 is 0 Å². The summed E-state index contributed by atoms with van der Waals surface area (Å²) in [4.78, 5) is 9.13. The summed E-state index contributed by atoms with van der Waals surface area (Å²) < 4.78 is 1.19. The molecule has 2 nitrogen and oxygen atoms in total. The smallest absolute Gasteiger partial charge is 0.124 e. The summed E-state index contributed by atoms with van der Waals surface area (Å²) in [5.74, 6) is 0. The van der Waals surface area contributed by atoms with Crippen molar-refractivity contribution in [2.24, 2.45) is 4.99 Å². The average molecular weight is 409 g/mol. The van der Waals surface area contributed by atoms with Gasteiger partial charge in [-0.05, 0) is 60.2 Å². The number of thiazole rings is 1. The van der Waals surface area contributed by atoms with E-state index in [1.54, 1.807) is 23.6 Å². The van der Waals surface area contributed by atoms with Gasteiger partial charge < -0.3 is 0 Å². The number of para-hydroxylation sites is 1. The zero-order valence-corrected chi connectivity index (χ0v) is 16.5. The highest BCUT2D eigenvalue weighted by Crippen LogP contribution is 2.30. The van der Waals surface area contributed by atoms with Crippen LogP contribution in [0.1, 0.15) is 5.56 Å². The Morgan fingerprint density at radius 2 is 1.74 bits per heavy atom. The zero-order valence-electron chi connectivity index (χ0n) is 14.1. The van der Waals surface area contributed by atoms with Crippen molar-refractivity contribution in [1.82, 2.24) is 4.98 Å². The van der Waals surface area contributed by atoms with Crippen LogP contribution in [0.15, 0.2) is 77.8 Å². The Morgan fingerprint density at radius 1 is 0.926 bits per heavy atom. The molecule has 0 spiro atoms. The van der Waals surface area contributed by atoms with E-state index in [1.807, 2.05) is 66.7 Å². The molecule has 0 aliphatic rings. The second kappa shape index (κ2) is 8.05. The van der Waals surface area contributed by atoms with Gasteiger partial charge in [0.2, 0.25) is 0 Å². The summed E-state index contributed by atoms with van der Waals surface area (Å²) in [5.41, 5.74) is 3.91. The molecule has 0 N–H and O–H groups in total. The first kappa shape index (κ1) is 17.9. The van der Waals surface area contributed by atoms with Crippen molar-refractivity contribution in [3.63, 3.8) is 0 Å². The van der Waals surface area contributed by atoms with Gasteiger partial charge in [0, 0.05) is 21.8 Å². The number of hydrogen-bond donors (Lipinski definition) is 0. The zero-order chi connectivity index (χ0) is 18.6. The molecule has 4 rings (SSSR count). The van der Waals surface area contributed by atoms with E-state index in [0.717, 1.165) is 27.3 Å². The predicted molar refractivity (Wildman–Crippen MR) is 119 cm³/mol. The molecule has 0 radical (unpaired) electrons. The molecular weight excluding hydrogens is 395 g/mol. The normalized spacial score (nSPS) is 11.8. The molecule has 4 aromatic rings. The van der Waals surface area contributed by atoms with Gasteiger partial charge in [-0.2, -0.15) is 0 Å². The number of allylic oxidation sites excluding steroid dienone is 1. The second-order valence-electron chi connectivity index (χ2n) is 5.84. The molecule has 0 bridgehead atoms. The predicted octanol–water partition coefficient (Wildman–Crippen LogP) is 7.69. The minimum atomic E-state index is 0.618. The summed E-state index contributed by atoms with van der Waals surface area (Å²) in [6, 6.07) is 21.6. The van der Waals surface area contributed by atoms with Gasteiger partial charge in [0.1, 0.15) is 5.01 Å². The van der Waals surface area contributed by atoms with Crippen LogP contribution in [0.4, 0.5) is 5.69 Å². The molecule has 0 unspecified atom stereocenters. The summed E-state index contributed by atoms with van der Waals surface area (Å²) in [6.07, 6.45) is 5.51. The molecule has 0 aliphatic carbocycles. The minimum absolute atomic E-state index is 0.618. The molecule has 27 heavy (non-hydrogen) atoms. The Kier molecular flexibility index (Phi) is 5.35. The molecule has 0 saturated heterocycles. The first-order valence-electron chi connectivity index (χ1n) is 8.31. The largest absolute Gasteiger partial charge is 0.257 e. The van der Waals surface area contributed by atoms with Crippen LogP contribution in [0, 0.1) is 0 Å². The Labute approximate surface area is 171 Å². The van der Waals surface area contributed by atoms with E-state index in [2.05, 4.69) is 16.0 Å². The summed E-state index contributed by atoms with van der Waals surface area (Å²) in [6.45, 7) is 0. The monoisotopic (exact) mass is 408 g/mol. The van der Waals surface area contributed by atoms with Crippen LogP contribution in [-0.2, 0) is 0 Å². The fourth-order valence-electron chi connectivity index (χ4n) is 2.60. The number of hydrogen-bond acceptors (Lipinski definition) is 3. The lowest BCUT2D eigenvalue weighted by Gasteiger charge is -1.98. The van der Waals surface area contributed by atoms with E-state index in [4.69, 9.17) is 23.2 Å². The van der Waals surface area contributed by atoms with Gasteiger partial charge in [-0.25, -0.2) is 4.98 Å². The van der Waals surface area contributed by atoms with Gasteiger partial charge in [-0.15, -0.1) is 11.3 Å². The number of halogens is 2. The molecular formula is C22H14Cl2N2S. The maximum absolute atomic E-state index is 6.15. The lowest BCUT2D eigenvalue weighted by Crippen LogP contribution is -1.76. The fourth-order valence-corrected chi connectivity index (χ4v) is 4.04. The van der Waals surface area contributed by atoms with Crippen LogP contribution >= 0.6 is 34.5 Å². The SMILES string of the molecule is Clc1ccc(/C=C\C=Nc2ccc(-c3nc4ccccc4s3)cc2)c(Cl)c1. The van der Waals surface area contributed by atoms with Crippen molar-refractivity contribution in [2.45, 2.75) is 0 Å². The molecule has 0 fully saturated rings. The van der Waals surface area contributed by atoms with E-state index in [0.29, 0.717) is 10.0 Å². The van der Waals surface area contributed by atoms with E-state index < -0.39 is 0 Å². The maximum Gasteiger partial charge on any atom is 0.124 e. The number of aliphatic imine (C=N–C) groups is 1. The van der Waals surface area contributed by atoms with Gasteiger partial charge in [0.25, 0.3) is 0 Å². The molecule has 132 valence electrons. The first-order chi connectivity index (χ1) is 13.2. The fraction of sp³-hybridized carbons (Fsp3) is 0. The lowest BCUT2D eigenvalue weighted by atomic mass is 10.2. The van der Waals surface area contributed by atoms with Crippen LogP contribution in [0.5, 0.6) is 0 Å². The van der Waals surface area contributed by atoms with Gasteiger partial charge in [-0.1, -0.05) is 47.5 Å². The number of rotatable bonds is 4. The molecule has 1 aromatic heterocycles. The van der Waals surface area contributed by atoms with Gasteiger partial charge in [0.15, 0.2) is 0 Å². The molecule has 1 heterocycles. The second-order valence-corrected chi connectivity index (χ2v) is 7.71. The number of nitrogens with zero attached hydrogens (tertiary/aromatic N) is 2. The molecule has 0 amide bonds. The Hall–Kier alpha value is -2.46. The van der Waals surface area contributed by atoms with Crippen LogP contribution in [0.25, 0.3) is 26.9 Å². The van der Waals surface area contributed by atoms with E-state index in [-0.39, 0.29) is 0 Å². The van der Waals surface area contributed by atoms with Gasteiger partial charge in [0.05, 0.1) is 15.9 Å². The van der Waals surface area contributed by atoms with E-state index in [9.17, 15) is 0 Å². The van der Waals surface area contributed by atoms with Crippen molar-refractivity contribution in [2.75, 3.05) is 0 Å². The molecule has 0 aliphatic heterocycles. The Bertz CT molecular complexity index is 1110. The highest BCUT2D eigenvalue weighted by molar-refractivity contribution is 7.21. The first-order valence-corrected chi connectivity index (χ1v) is 9.88. The van der Waals surface area contributed by atoms with Crippen LogP contribution in [0.3, 0.4) is 0 Å². The molecule has 3 aromatic carbocycles. The minimum Gasteiger partial charge on any atom is -0.257 e. The van der Waals surface area contributed by atoms with E-state index >= 15 is 0 Å². The quantitative estimate of drug-likeness (QED) is 0.317. The van der Waals surface area contributed by atoms with Crippen molar-refractivity contribution in [1.29, 1.82) is 0 Å². The van der Waals surface area contributed by atoms with Gasteiger partial charge in [-0.3, -0.25) is 4.99 Å². The third-order valence-electron chi connectivity index (χ3n) is 3.96. The van der Waals surface area contributed by atoms with Crippen LogP contribution < -0.4 is 0 Å². The number of aromatic nitrogens is 1. The maximum atomic E-state index is 6.15. The summed E-state index contributed by atoms with van der Waals surface area (Å²) in [7, 11) is 0. The molecule has 0 atom stereocenters. The van der Waals surface area contributed by atoms with Crippen LogP contribution in [0.2, 0.25) is 10.0 Å². The lowest BCUT2D eigenvalue weighted by molar-refractivity contribution is 1.46. The average Bonchev–Trinajstić information content (AvgIpc) is 3.11. The summed E-state index contributed by atoms with van der Waals surface area (Å²) in [5, 5.41) is 2.26. The van der Waals surface area contributed by atoms with E-state index in [1.165, 1.54) is 4.70 Å². The summed E-state index contributed by atoms with van der Waals surface area (Å²) >= 11 is 13.7.